The second-order valence-electron chi connectivity index (χ2n) is 3.57. The molecule has 60 valence electrons. The lowest BCUT2D eigenvalue weighted by Gasteiger charge is -2.16. The number of aldehydes is 1. The number of rotatable bonds is 1. The van der Waals surface area contributed by atoms with E-state index in [4.69, 9.17) is 0 Å². The molecule has 0 amide bonds. The predicted octanol–water partition coefficient (Wildman–Crippen LogP) is 2.86. The minimum atomic E-state index is 0.102. The van der Waals surface area contributed by atoms with Crippen molar-refractivity contribution in [2.75, 3.05) is 0 Å². The highest BCUT2D eigenvalue weighted by atomic mass is 32.1. The van der Waals surface area contributed by atoms with Crippen LogP contribution in [0.1, 0.15) is 36.0 Å². The molecule has 1 rings (SSSR count). The first kappa shape index (κ1) is 8.47. The van der Waals surface area contributed by atoms with Gasteiger partial charge < -0.3 is 0 Å². The lowest BCUT2D eigenvalue weighted by molar-refractivity contribution is 0.112. The summed E-state index contributed by atoms with van der Waals surface area (Å²) in [6.07, 6.45) is 0.928. The Labute approximate surface area is 71.1 Å². The first-order valence-electron chi connectivity index (χ1n) is 3.59. The minimum Gasteiger partial charge on any atom is -0.298 e. The molecule has 0 spiro atoms. The third-order valence-corrected chi connectivity index (χ3v) is 2.86. The van der Waals surface area contributed by atoms with Gasteiger partial charge in [-0.25, -0.2) is 0 Å². The highest BCUT2D eigenvalue weighted by Gasteiger charge is 2.18. The van der Waals surface area contributed by atoms with Crippen molar-refractivity contribution in [3.63, 3.8) is 0 Å². The Morgan fingerprint density at radius 3 is 2.45 bits per heavy atom. The molecule has 1 aromatic heterocycles. The summed E-state index contributed by atoms with van der Waals surface area (Å²) >= 11 is 1.65. The van der Waals surface area contributed by atoms with Crippen LogP contribution in [-0.2, 0) is 5.41 Å². The molecule has 0 saturated heterocycles. The van der Waals surface area contributed by atoms with Crippen molar-refractivity contribution in [2.45, 2.75) is 26.2 Å². The zero-order valence-electron chi connectivity index (χ0n) is 7.05. The molecule has 0 unspecified atom stereocenters. The van der Waals surface area contributed by atoms with E-state index in [9.17, 15) is 4.79 Å². The first-order chi connectivity index (χ1) is 5.05. The van der Waals surface area contributed by atoms with E-state index in [1.165, 1.54) is 4.88 Å². The Hall–Kier alpha value is -0.630. The molecule has 0 atom stereocenters. The molecule has 2 heteroatoms. The lowest BCUT2D eigenvalue weighted by Crippen LogP contribution is -2.10. The van der Waals surface area contributed by atoms with Gasteiger partial charge in [-0.1, -0.05) is 20.8 Å². The van der Waals surface area contributed by atoms with Gasteiger partial charge in [-0.2, -0.15) is 0 Å². The van der Waals surface area contributed by atoms with E-state index in [1.807, 2.05) is 11.4 Å². The molecule has 0 bridgehead atoms. The van der Waals surface area contributed by atoms with E-state index in [2.05, 4.69) is 20.8 Å². The highest BCUT2D eigenvalue weighted by molar-refractivity contribution is 7.10. The number of carbonyl (C=O) groups is 1. The topological polar surface area (TPSA) is 17.1 Å². The quantitative estimate of drug-likeness (QED) is 0.589. The zero-order chi connectivity index (χ0) is 8.48. The molecule has 1 nitrogen and oxygen atoms in total. The number of thiophene rings is 1. The van der Waals surface area contributed by atoms with Crippen molar-refractivity contribution >= 4 is 17.6 Å². The Morgan fingerprint density at radius 2 is 2.09 bits per heavy atom. The fourth-order valence-corrected chi connectivity index (χ4v) is 1.98. The largest absolute Gasteiger partial charge is 0.298 e. The fraction of sp³-hybridized carbons (Fsp3) is 0.444. The summed E-state index contributed by atoms with van der Waals surface area (Å²) in [5.41, 5.74) is 0.937. The van der Waals surface area contributed by atoms with Gasteiger partial charge in [0.05, 0.1) is 0 Å². The van der Waals surface area contributed by atoms with Crippen LogP contribution in [0, 0.1) is 0 Å². The second-order valence-corrected chi connectivity index (χ2v) is 4.49. The molecule has 0 fully saturated rings. The average Bonchev–Trinajstić information content (AvgIpc) is 2.31. The number of hydrogen-bond acceptors (Lipinski definition) is 2. The summed E-state index contributed by atoms with van der Waals surface area (Å²) in [7, 11) is 0. The lowest BCUT2D eigenvalue weighted by atomic mass is 9.92. The van der Waals surface area contributed by atoms with Crippen LogP contribution in [0.15, 0.2) is 11.4 Å². The van der Waals surface area contributed by atoms with Gasteiger partial charge in [0.15, 0.2) is 6.29 Å². The van der Waals surface area contributed by atoms with Gasteiger partial charge in [0.25, 0.3) is 0 Å². The normalized spacial score (nSPS) is 11.5. The Balaban J connectivity index is 3.12. The van der Waals surface area contributed by atoms with Crippen molar-refractivity contribution in [1.82, 2.24) is 0 Å². The van der Waals surface area contributed by atoms with Crippen LogP contribution in [0.3, 0.4) is 0 Å². The molecule has 1 heterocycles. The van der Waals surface area contributed by atoms with Gasteiger partial charge in [0.1, 0.15) is 0 Å². The van der Waals surface area contributed by atoms with Crippen LogP contribution in [0.25, 0.3) is 0 Å². The van der Waals surface area contributed by atoms with Crippen LogP contribution in [0.2, 0.25) is 0 Å². The summed E-state index contributed by atoms with van der Waals surface area (Å²) < 4.78 is 0. The number of hydrogen-bond donors (Lipinski definition) is 0. The van der Waals surface area contributed by atoms with Crippen molar-refractivity contribution in [1.29, 1.82) is 0 Å². The van der Waals surface area contributed by atoms with Gasteiger partial charge in [-0.05, 0) is 16.9 Å². The second kappa shape index (κ2) is 2.78. The van der Waals surface area contributed by atoms with Gasteiger partial charge in [-0.3, -0.25) is 4.79 Å². The molecular weight excluding hydrogens is 156 g/mol. The van der Waals surface area contributed by atoms with Crippen molar-refractivity contribution < 1.29 is 4.79 Å². The van der Waals surface area contributed by atoms with E-state index in [-0.39, 0.29) is 5.41 Å². The Bertz CT molecular complexity index is 255. The summed E-state index contributed by atoms with van der Waals surface area (Å²) in [4.78, 5) is 11.7. The van der Waals surface area contributed by atoms with E-state index < -0.39 is 0 Å². The van der Waals surface area contributed by atoms with Crippen molar-refractivity contribution in [3.8, 4) is 0 Å². The van der Waals surface area contributed by atoms with Crippen LogP contribution in [0.5, 0.6) is 0 Å². The molecule has 0 N–H and O–H groups in total. The maximum absolute atomic E-state index is 10.5. The van der Waals surface area contributed by atoms with Crippen molar-refractivity contribution in [3.05, 3.63) is 21.9 Å². The monoisotopic (exact) mass is 168 g/mol. The smallest absolute Gasteiger partial charge is 0.151 e. The molecule has 0 radical (unpaired) electrons. The Morgan fingerprint density at radius 1 is 1.45 bits per heavy atom. The highest BCUT2D eigenvalue weighted by Crippen LogP contribution is 2.29. The minimum absolute atomic E-state index is 0.102. The molecule has 0 saturated carbocycles. The van der Waals surface area contributed by atoms with Crippen LogP contribution < -0.4 is 0 Å². The van der Waals surface area contributed by atoms with Gasteiger partial charge in [0, 0.05) is 10.4 Å². The third kappa shape index (κ3) is 1.69. The summed E-state index contributed by atoms with van der Waals surface area (Å²) in [5, 5.41) is 1.96. The third-order valence-electron chi connectivity index (χ3n) is 1.50. The molecule has 0 aliphatic heterocycles. The maximum atomic E-state index is 10.5. The molecule has 1 aromatic rings. The van der Waals surface area contributed by atoms with E-state index in [1.54, 1.807) is 11.3 Å². The van der Waals surface area contributed by atoms with E-state index >= 15 is 0 Å². The summed E-state index contributed by atoms with van der Waals surface area (Å²) in [5.74, 6) is 0. The molecule has 0 aromatic carbocycles. The average molecular weight is 168 g/mol. The Kier molecular flexibility index (Phi) is 2.14. The van der Waals surface area contributed by atoms with Gasteiger partial charge in [-0.15, -0.1) is 11.3 Å². The zero-order valence-corrected chi connectivity index (χ0v) is 7.87. The van der Waals surface area contributed by atoms with Crippen molar-refractivity contribution in [2.24, 2.45) is 0 Å². The maximum Gasteiger partial charge on any atom is 0.151 e. The van der Waals surface area contributed by atoms with E-state index in [0.717, 1.165) is 11.8 Å². The van der Waals surface area contributed by atoms with E-state index in [0.29, 0.717) is 0 Å². The summed E-state index contributed by atoms with van der Waals surface area (Å²) in [6.45, 7) is 6.35. The number of carbonyl (C=O) groups excluding carboxylic acids is 1. The van der Waals surface area contributed by atoms with Gasteiger partial charge in [0.2, 0.25) is 0 Å². The molecule has 0 aliphatic carbocycles. The van der Waals surface area contributed by atoms with Crippen LogP contribution in [0.4, 0.5) is 0 Å². The molecule has 11 heavy (non-hydrogen) atoms. The standard InChI is InChI=1S/C9H12OS/c1-9(2,3)8-7(6-10)4-5-11-8/h4-6H,1-3H3. The predicted molar refractivity (Wildman–Crippen MR) is 48.4 cm³/mol. The first-order valence-corrected chi connectivity index (χ1v) is 4.47. The van der Waals surface area contributed by atoms with Gasteiger partial charge >= 0.3 is 0 Å². The SMILES string of the molecule is CC(C)(C)c1sccc1C=O. The fourth-order valence-electron chi connectivity index (χ4n) is 1.02. The summed E-state index contributed by atoms with van der Waals surface area (Å²) in [6, 6.07) is 1.87. The van der Waals surface area contributed by atoms with Crippen LogP contribution in [-0.4, -0.2) is 6.29 Å². The van der Waals surface area contributed by atoms with Crippen LogP contribution >= 0.6 is 11.3 Å². The molecular formula is C9H12OS. The molecule has 0 aliphatic rings.